The second-order valence-corrected chi connectivity index (χ2v) is 6.56. The van der Waals surface area contributed by atoms with E-state index in [2.05, 4.69) is 35.8 Å². The van der Waals surface area contributed by atoms with Gasteiger partial charge in [-0.2, -0.15) is 4.98 Å². The largest absolute Gasteiger partial charge is 0.379 e. The second kappa shape index (κ2) is 7.26. The lowest BCUT2D eigenvalue weighted by atomic mass is 10.2. The highest BCUT2D eigenvalue weighted by Crippen LogP contribution is 2.27. The van der Waals surface area contributed by atoms with Crippen LogP contribution in [0.25, 0.3) is 0 Å². The summed E-state index contributed by atoms with van der Waals surface area (Å²) in [6, 6.07) is 0. The summed E-state index contributed by atoms with van der Waals surface area (Å²) in [5, 5.41) is 4.27. The van der Waals surface area contributed by atoms with Crippen molar-refractivity contribution < 1.29 is 9.26 Å². The summed E-state index contributed by atoms with van der Waals surface area (Å²) in [6.07, 6.45) is 0. The maximum Gasteiger partial charge on any atom is 0.239 e. The molecule has 1 aliphatic heterocycles. The molecule has 0 unspecified atom stereocenters. The van der Waals surface area contributed by atoms with E-state index in [9.17, 15) is 0 Å². The SMILES string of the molecule is CC(C)c1noc([C@H](C)SCCN2CCOCC2)n1. The number of thioether (sulfide) groups is 1. The fourth-order valence-electron chi connectivity index (χ4n) is 1.90. The summed E-state index contributed by atoms with van der Waals surface area (Å²) < 4.78 is 10.7. The molecular weight excluding hydrogens is 262 g/mol. The molecule has 0 bridgehead atoms. The van der Waals surface area contributed by atoms with E-state index in [4.69, 9.17) is 9.26 Å². The Morgan fingerprint density at radius 3 is 2.63 bits per heavy atom. The molecule has 1 aliphatic rings. The van der Waals surface area contributed by atoms with Crippen molar-refractivity contribution in [1.82, 2.24) is 15.0 Å². The van der Waals surface area contributed by atoms with Crippen LogP contribution in [0, 0.1) is 0 Å². The average Bonchev–Trinajstić information content (AvgIpc) is 2.89. The Hall–Kier alpha value is -0.590. The van der Waals surface area contributed by atoms with Gasteiger partial charge in [0.2, 0.25) is 5.89 Å². The zero-order valence-corrected chi connectivity index (χ0v) is 12.8. The van der Waals surface area contributed by atoms with Gasteiger partial charge < -0.3 is 9.26 Å². The zero-order valence-electron chi connectivity index (χ0n) is 12.0. The molecule has 0 saturated carbocycles. The molecule has 0 radical (unpaired) electrons. The highest BCUT2D eigenvalue weighted by Gasteiger charge is 2.17. The standard InChI is InChI=1S/C13H23N3O2S/c1-10(2)12-14-13(18-15-12)11(3)19-9-6-16-4-7-17-8-5-16/h10-11H,4-9H2,1-3H3/t11-/m0/s1. The Bertz CT molecular complexity index is 378. The van der Waals surface area contributed by atoms with Crippen molar-refractivity contribution in [2.24, 2.45) is 0 Å². The second-order valence-electron chi connectivity index (χ2n) is 5.11. The maximum absolute atomic E-state index is 5.34. The molecule has 2 heterocycles. The van der Waals surface area contributed by atoms with Crippen molar-refractivity contribution in [1.29, 1.82) is 0 Å². The normalized spacial score (nSPS) is 18.9. The van der Waals surface area contributed by atoms with E-state index in [1.165, 1.54) is 0 Å². The van der Waals surface area contributed by atoms with Gasteiger partial charge in [0.15, 0.2) is 5.82 Å². The molecule has 0 spiro atoms. The Balaban J connectivity index is 1.72. The van der Waals surface area contributed by atoms with E-state index in [-0.39, 0.29) is 5.25 Å². The van der Waals surface area contributed by atoms with Gasteiger partial charge in [0.25, 0.3) is 0 Å². The Kier molecular flexibility index (Phi) is 5.66. The summed E-state index contributed by atoms with van der Waals surface area (Å²) in [7, 11) is 0. The molecule has 1 fully saturated rings. The first kappa shape index (κ1) is 14.8. The minimum atomic E-state index is 0.265. The van der Waals surface area contributed by atoms with E-state index < -0.39 is 0 Å². The number of ether oxygens (including phenoxy) is 1. The van der Waals surface area contributed by atoms with Crippen LogP contribution in [0.2, 0.25) is 0 Å². The number of hydrogen-bond acceptors (Lipinski definition) is 6. The molecule has 1 aromatic heterocycles. The molecule has 6 heteroatoms. The van der Waals surface area contributed by atoms with Crippen LogP contribution >= 0.6 is 11.8 Å². The van der Waals surface area contributed by atoms with Crippen molar-refractivity contribution >= 4 is 11.8 Å². The monoisotopic (exact) mass is 285 g/mol. The van der Waals surface area contributed by atoms with Gasteiger partial charge in [0.1, 0.15) is 0 Å². The topological polar surface area (TPSA) is 51.4 Å². The predicted octanol–water partition coefficient (Wildman–Crippen LogP) is 2.32. The number of hydrogen-bond donors (Lipinski definition) is 0. The summed E-state index contributed by atoms with van der Waals surface area (Å²) in [5.74, 6) is 2.95. The predicted molar refractivity (Wildman–Crippen MR) is 76.5 cm³/mol. The minimum Gasteiger partial charge on any atom is -0.379 e. The highest BCUT2D eigenvalue weighted by molar-refractivity contribution is 7.99. The lowest BCUT2D eigenvalue weighted by Crippen LogP contribution is -2.37. The maximum atomic E-state index is 5.34. The summed E-state index contributed by atoms with van der Waals surface area (Å²) in [5.41, 5.74) is 0. The molecule has 0 aliphatic carbocycles. The van der Waals surface area contributed by atoms with Crippen LogP contribution in [0.5, 0.6) is 0 Å². The molecule has 5 nitrogen and oxygen atoms in total. The van der Waals surface area contributed by atoms with Crippen LogP contribution in [0.15, 0.2) is 4.52 Å². The number of nitrogens with zero attached hydrogens (tertiary/aromatic N) is 3. The van der Waals surface area contributed by atoms with Gasteiger partial charge in [-0.1, -0.05) is 19.0 Å². The van der Waals surface area contributed by atoms with Crippen molar-refractivity contribution in [3.8, 4) is 0 Å². The van der Waals surface area contributed by atoms with E-state index in [0.717, 1.165) is 50.3 Å². The third-order valence-corrected chi connectivity index (χ3v) is 4.32. The molecule has 108 valence electrons. The summed E-state index contributed by atoms with van der Waals surface area (Å²) >= 11 is 1.87. The summed E-state index contributed by atoms with van der Waals surface area (Å²) in [6.45, 7) is 11.2. The van der Waals surface area contributed by atoms with Crippen molar-refractivity contribution in [2.75, 3.05) is 38.6 Å². The fourth-order valence-corrected chi connectivity index (χ4v) is 2.86. The Labute approximate surface area is 119 Å². The molecule has 1 aromatic rings. The van der Waals surface area contributed by atoms with Gasteiger partial charge in [0, 0.05) is 31.3 Å². The van der Waals surface area contributed by atoms with Crippen LogP contribution in [-0.4, -0.2) is 53.6 Å². The molecule has 1 saturated heterocycles. The van der Waals surface area contributed by atoms with Gasteiger partial charge in [-0.15, -0.1) is 11.8 Å². The first-order chi connectivity index (χ1) is 9.16. The number of morpholine rings is 1. The number of rotatable bonds is 6. The molecular formula is C13H23N3O2S. The van der Waals surface area contributed by atoms with Gasteiger partial charge in [0.05, 0.1) is 18.5 Å². The van der Waals surface area contributed by atoms with Gasteiger partial charge in [-0.25, -0.2) is 0 Å². The number of aromatic nitrogens is 2. The average molecular weight is 285 g/mol. The van der Waals surface area contributed by atoms with Gasteiger partial charge in [-0.05, 0) is 6.92 Å². The van der Waals surface area contributed by atoms with E-state index >= 15 is 0 Å². The molecule has 0 aromatic carbocycles. The van der Waals surface area contributed by atoms with E-state index in [1.54, 1.807) is 0 Å². The first-order valence-electron chi connectivity index (χ1n) is 6.92. The van der Waals surface area contributed by atoms with Gasteiger partial charge in [-0.3, -0.25) is 4.90 Å². The minimum absolute atomic E-state index is 0.265. The van der Waals surface area contributed by atoms with Gasteiger partial charge >= 0.3 is 0 Å². The van der Waals surface area contributed by atoms with Crippen LogP contribution in [0.1, 0.15) is 43.7 Å². The van der Waals surface area contributed by atoms with Crippen LogP contribution in [-0.2, 0) is 4.74 Å². The Morgan fingerprint density at radius 2 is 2.00 bits per heavy atom. The third-order valence-electron chi connectivity index (χ3n) is 3.20. The van der Waals surface area contributed by atoms with Crippen LogP contribution < -0.4 is 0 Å². The van der Waals surface area contributed by atoms with Crippen molar-refractivity contribution in [3.05, 3.63) is 11.7 Å². The van der Waals surface area contributed by atoms with Crippen LogP contribution in [0.4, 0.5) is 0 Å². The van der Waals surface area contributed by atoms with E-state index in [0.29, 0.717) is 5.92 Å². The third kappa shape index (κ3) is 4.47. The highest BCUT2D eigenvalue weighted by atomic mass is 32.2. The fraction of sp³-hybridized carbons (Fsp3) is 0.846. The Morgan fingerprint density at radius 1 is 1.26 bits per heavy atom. The van der Waals surface area contributed by atoms with Crippen molar-refractivity contribution in [2.45, 2.75) is 31.9 Å². The molecule has 0 amide bonds. The first-order valence-corrected chi connectivity index (χ1v) is 7.97. The molecule has 19 heavy (non-hydrogen) atoms. The van der Waals surface area contributed by atoms with Crippen LogP contribution in [0.3, 0.4) is 0 Å². The molecule has 1 atom stereocenters. The molecule has 0 N–H and O–H groups in total. The lowest BCUT2D eigenvalue weighted by Gasteiger charge is -2.26. The zero-order chi connectivity index (χ0) is 13.7. The summed E-state index contributed by atoms with van der Waals surface area (Å²) in [4.78, 5) is 6.88. The quantitative estimate of drug-likeness (QED) is 0.799. The van der Waals surface area contributed by atoms with E-state index in [1.807, 2.05) is 11.8 Å². The smallest absolute Gasteiger partial charge is 0.239 e. The van der Waals surface area contributed by atoms with Crippen molar-refractivity contribution in [3.63, 3.8) is 0 Å². The lowest BCUT2D eigenvalue weighted by molar-refractivity contribution is 0.0410. The molecule has 2 rings (SSSR count).